The molecular formula is C12H19NO4. The highest BCUT2D eigenvalue weighted by Gasteiger charge is 2.28. The maximum Gasteiger partial charge on any atom is 0.328 e. The SMILES string of the molecule is C=C(C)C[C@H](NC(=O)[C@@H]1CCOC1)C(=O)OC. The molecule has 0 radical (unpaired) electrons. The summed E-state index contributed by atoms with van der Waals surface area (Å²) in [6.07, 6.45) is 1.10. The van der Waals surface area contributed by atoms with Gasteiger partial charge in [0.05, 0.1) is 19.6 Å². The van der Waals surface area contributed by atoms with Crippen LogP contribution in [0.15, 0.2) is 12.2 Å². The molecule has 17 heavy (non-hydrogen) atoms. The lowest BCUT2D eigenvalue weighted by Gasteiger charge is -2.18. The lowest BCUT2D eigenvalue weighted by atomic mass is 10.1. The molecule has 1 fully saturated rings. The first-order valence-corrected chi connectivity index (χ1v) is 5.65. The second kappa shape index (κ2) is 6.39. The molecule has 1 heterocycles. The van der Waals surface area contributed by atoms with E-state index in [1.165, 1.54) is 7.11 Å². The smallest absolute Gasteiger partial charge is 0.328 e. The summed E-state index contributed by atoms with van der Waals surface area (Å²) in [4.78, 5) is 23.3. The number of carbonyl (C=O) groups excluding carboxylic acids is 2. The summed E-state index contributed by atoms with van der Waals surface area (Å²) in [6.45, 7) is 6.56. The van der Waals surface area contributed by atoms with Gasteiger partial charge in [-0.1, -0.05) is 5.57 Å². The van der Waals surface area contributed by atoms with Gasteiger partial charge in [0.15, 0.2) is 0 Å². The van der Waals surface area contributed by atoms with Crippen molar-refractivity contribution >= 4 is 11.9 Å². The van der Waals surface area contributed by atoms with Crippen LogP contribution in [0.1, 0.15) is 19.8 Å². The van der Waals surface area contributed by atoms with Crippen molar-refractivity contribution in [2.45, 2.75) is 25.8 Å². The molecule has 96 valence electrons. The van der Waals surface area contributed by atoms with Gasteiger partial charge in [0, 0.05) is 6.61 Å². The van der Waals surface area contributed by atoms with Crippen LogP contribution in [0.3, 0.4) is 0 Å². The van der Waals surface area contributed by atoms with Crippen LogP contribution in [0, 0.1) is 5.92 Å². The number of esters is 1. The molecule has 1 aliphatic rings. The summed E-state index contributed by atoms with van der Waals surface area (Å²) >= 11 is 0. The number of amides is 1. The van der Waals surface area contributed by atoms with E-state index in [0.717, 1.165) is 5.57 Å². The highest BCUT2D eigenvalue weighted by molar-refractivity contribution is 5.86. The lowest BCUT2D eigenvalue weighted by molar-refractivity contribution is -0.145. The molecular weight excluding hydrogens is 222 g/mol. The molecule has 0 spiro atoms. The maximum atomic E-state index is 11.8. The van der Waals surface area contributed by atoms with Crippen molar-refractivity contribution in [1.82, 2.24) is 5.32 Å². The number of hydrogen-bond acceptors (Lipinski definition) is 4. The molecule has 0 unspecified atom stereocenters. The molecule has 0 aromatic rings. The van der Waals surface area contributed by atoms with Crippen LogP contribution >= 0.6 is 0 Å². The molecule has 0 aromatic heterocycles. The minimum atomic E-state index is -0.648. The topological polar surface area (TPSA) is 64.6 Å². The van der Waals surface area contributed by atoms with Gasteiger partial charge in [0.25, 0.3) is 0 Å². The Morgan fingerprint density at radius 1 is 1.59 bits per heavy atom. The van der Waals surface area contributed by atoms with Crippen LogP contribution in [0.5, 0.6) is 0 Å². The Morgan fingerprint density at radius 3 is 2.76 bits per heavy atom. The minimum Gasteiger partial charge on any atom is -0.467 e. The second-order valence-electron chi connectivity index (χ2n) is 4.31. The molecule has 0 aliphatic carbocycles. The van der Waals surface area contributed by atoms with Crippen molar-refractivity contribution in [3.05, 3.63) is 12.2 Å². The Kier molecular flexibility index (Phi) is 5.15. The number of hydrogen-bond donors (Lipinski definition) is 1. The average Bonchev–Trinajstić information content (AvgIpc) is 2.79. The monoisotopic (exact) mass is 241 g/mol. The van der Waals surface area contributed by atoms with Crippen LogP contribution < -0.4 is 5.32 Å². The van der Waals surface area contributed by atoms with E-state index in [1.54, 1.807) is 6.92 Å². The Hall–Kier alpha value is -1.36. The van der Waals surface area contributed by atoms with Crippen LogP contribution in [0.25, 0.3) is 0 Å². The molecule has 0 aromatic carbocycles. The number of carbonyl (C=O) groups is 2. The first-order valence-electron chi connectivity index (χ1n) is 5.65. The highest BCUT2D eigenvalue weighted by atomic mass is 16.5. The summed E-state index contributed by atoms with van der Waals surface area (Å²) in [6, 6.07) is -0.648. The van der Waals surface area contributed by atoms with E-state index in [2.05, 4.69) is 16.6 Å². The Balaban J connectivity index is 2.55. The predicted molar refractivity (Wildman–Crippen MR) is 62.3 cm³/mol. The molecule has 2 atom stereocenters. The standard InChI is InChI=1S/C12H19NO4/c1-8(2)6-10(12(15)16-3)13-11(14)9-4-5-17-7-9/h9-10H,1,4-7H2,2-3H3,(H,13,14)/t9-,10+/m1/s1. The van der Waals surface area contributed by atoms with Gasteiger partial charge in [-0.15, -0.1) is 6.58 Å². The molecule has 0 bridgehead atoms. The van der Waals surface area contributed by atoms with Crippen LogP contribution in [-0.4, -0.2) is 38.2 Å². The molecule has 5 heteroatoms. The summed E-state index contributed by atoms with van der Waals surface area (Å²) in [5.74, 6) is -0.758. The van der Waals surface area contributed by atoms with Crippen LogP contribution in [0.2, 0.25) is 0 Å². The van der Waals surface area contributed by atoms with Crippen LogP contribution in [-0.2, 0) is 19.1 Å². The predicted octanol–water partition coefficient (Wildman–Crippen LogP) is 0.647. The zero-order valence-corrected chi connectivity index (χ0v) is 10.3. The largest absolute Gasteiger partial charge is 0.467 e. The number of methoxy groups -OCH3 is 1. The van der Waals surface area contributed by atoms with E-state index in [9.17, 15) is 9.59 Å². The van der Waals surface area contributed by atoms with Gasteiger partial charge >= 0.3 is 5.97 Å². The van der Waals surface area contributed by atoms with Gasteiger partial charge in [-0.2, -0.15) is 0 Å². The zero-order valence-electron chi connectivity index (χ0n) is 10.3. The zero-order chi connectivity index (χ0) is 12.8. The highest BCUT2D eigenvalue weighted by Crippen LogP contribution is 2.13. The average molecular weight is 241 g/mol. The molecule has 5 nitrogen and oxygen atoms in total. The van der Waals surface area contributed by atoms with Crippen molar-refractivity contribution in [3.8, 4) is 0 Å². The fourth-order valence-electron chi connectivity index (χ4n) is 1.71. The number of rotatable bonds is 5. The van der Waals surface area contributed by atoms with Gasteiger partial charge in [-0.05, 0) is 19.8 Å². The Morgan fingerprint density at radius 2 is 2.29 bits per heavy atom. The molecule has 0 saturated carbocycles. The quantitative estimate of drug-likeness (QED) is 0.567. The third-order valence-corrected chi connectivity index (χ3v) is 2.66. The lowest BCUT2D eigenvalue weighted by Crippen LogP contribution is -2.44. The van der Waals surface area contributed by atoms with Crippen molar-refractivity contribution in [2.24, 2.45) is 5.92 Å². The van der Waals surface area contributed by atoms with Crippen molar-refractivity contribution < 1.29 is 19.1 Å². The molecule has 1 rings (SSSR count). The third kappa shape index (κ3) is 4.19. The van der Waals surface area contributed by atoms with Crippen molar-refractivity contribution in [3.63, 3.8) is 0 Å². The Labute approximate surface area is 101 Å². The van der Waals surface area contributed by atoms with E-state index in [1.807, 2.05) is 0 Å². The molecule has 1 N–H and O–H groups in total. The fourth-order valence-corrected chi connectivity index (χ4v) is 1.71. The van der Waals surface area contributed by atoms with E-state index in [-0.39, 0.29) is 11.8 Å². The normalized spacial score (nSPS) is 20.7. The van der Waals surface area contributed by atoms with Crippen LogP contribution in [0.4, 0.5) is 0 Å². The molecule has 1 amide bonds. The van der Waals surface area contributed by atoms with Gasteiger partial charge in [-0.3, -0.25) is 4.79 Å². The van der Waals surface area contributed by atoms with E-state index in [0.29, 0.717) is 26.1 Å². The summed E-state index contributed by atoms with van der Waals surface area (Å²) in [7, 11) is 1.30. The first-order chi connectivity index (χ1) is 8.04. The molecule has 1 saturated heterocycles. The maximum absolute atomic E-state index is 11.8. The molecule has 1 aliphatic heterocycles. The van der Waals surface area contributed by atoms with Gasteiger partial charge in [0.1, 0.15) is 6.04 Å². The first kappa shape index (κ1) is 13.7. The summed E-state index contributed by atoms with van der Waals surface area (Å²) in [5.41, 5.74) is 0.823. The van der Waals surface area contributed by atoms with Crippen molar-refractivity contribution in [2.75, 3.05) is 20.3 Å². The van der Waals surface area contributed by atoms with Gasteiger partial charge in [-0.25, -0.2) is 4.79 Å². The van der Waals surface area contributed by atoms with Gasteiger partial charge < -0.3 is 14.8 Å². The van der Waals surface area contributed by atoms with E-state index >= 15 is 0 Å². The Bertz CT molecular complexity index is 308. The van der Waals surface area contributed by atoms with Gasteiger partial charge in [0.2, 0.25) is 5.91 Å². The number of nitrogens with one attached hydrogen (secondary N) is 1. The van der Waals surface area contributed by atoms with E-state index < -0.39 is 12.0 Å². The van der Waals surface area contributed by atoms with E-state index in [4.69, 9.17) is 4.74 Å². The fraction of sp³-hybridized carbons (Fsp3) is 0.667. The number of ether oxygens (including phenoxy) is 2. The third-order valence-electron chi connectivity index (χ3n) is 2.66. The minimum absolute atomic E-state index is 0.154. The van der Waals surface area contributed by atoms with Crippen molar-refractivity contribution in [1.29, 1.82) is 0 Å². The summed E-state index contributed by atoms with van der Waals surface area (Å²) in [5, 5.41) is 2.69. The second-order valence-corrected chi connectivity index (χ2v) is 4.31. The summed E-state index contributed by atoms with van der Waals surface area (Å²) < 4.78 is 9.78.